The third kappa shape index (κ3) is 4.06. The maximum atomic E-state index is 11.9. The molecule has 0 aliphatic rings. The molecule has 5 heteroatoms. The normalized spacial score (nSPS) is 12.7. The van der Waals surface area contributed by atoms with Gasteiger partial charge in [0.15, 0.2) is 0 Å². The molecule has 0 saturated heterocycles. The highest BCUT2D eigenvalue weighted by atomic mass is 16.5. The quantitative estimate of drug-likeness (QED) is 0.577. The van der Waals surface area contributed by atoms with Crippen LogP contribution in [0.1, 0.15) is 49.7 Å². The molecule has 2 amide bonds. The maximum absolute atomic E-state index is 11.9. The van der Waals surface area contributed by atoms with Crippen LogP contribution in [0.15, 0.2) is 24.3 Å². The number of carbonyl (C=O) groups excluding carboxylic acids is 2. The minimum absolute atomic E-state index is 0.0304. The van der Waals surface area contributed by atoms with Crippen LogP contribution in [0, 0.1) is 5.41 Å². The summed E-state index contributed by atoms with van der Waals surface area (Å²) < 4.78 is 0. The van der Waals surface area contributed by atoms with E-state index in [1.54, 1.807) is 29.7 Å². The molecule has 0 bridgehead atoms. The summed E-state index contributed by atoms with van der Waals surface area (Å²) in [6.45, 7) is 7.43. The second-order valence-corrected chi connectivity index (χ2v) is 5.51. The van der Waals surface area contributed by atoms with E-state index >= 15 is 0 Å². The molecule has 0 spiro atoms. The predicted molar refractivity (Wildman–Crippen MR) is 71.7 cm³/mol. The van der Waals surface area contributed by atoms with Gasteiger partial charge in [-0.1, -0.05) is 32.9 Å². The Morgan fingerprint density at radius 2 is 1.68 bits per heavy atom. The zero-order valence-corrected chi connectivity index (χ0v) is 11.7. The zero-order valence-electron chi connectivity index (χ0n) is 11.7. The molecule has 0 radical (unpaired) electrons. The fourth-order valence-corrected chi connectivity index (χ4v) is 1.48. The van der Waals surface area contributed by atoms with Gasteiger partial charge in [0.25, 0.3) is 5.91 Å². The standard InChI is InChI=1S/C14H20N2O3/c1-9(15-13(18)14(2,3)4)10-5-7-11(8-6-10)12(17)16-19/h5-9,19H,1-4H3,(H,15,18)(H,16,17). The van der Waals surface area contributed by atoms with Gasteiger partial charge in [-0.15, -0.1) is 0 Å². The van der Waals surface area contributed by atoms with Crippen LogP contribution in [0.25, 0.3) is 0 Å². The molecule has 1 aromatic rings. The molecule has 1 unspecified atom stereocenters. The SMILES string of the molecule is CC(NC(=O)C(C)(C)C)c1ccc(C(=O)NO)cc1. The minimum Gasteiger partial charge on any atom is -0.349 e. The van der Waals surface area contributed by atoms with Gasteiger partial charge in [-0.2, -0.15) is 0 Å². The van der Waals surface area contributed by atoms with Crippen LogP contribution in [0.5, 0.6) is 0 Å². The Morgan fingerprint density at radius 3 is 2.11 bits per heavy atom. The van der Waals surface area contributed by atoms with Crippen molar-refractivity contribution in [2.24, 2.45) is 5.41 Å². The monoisotopic (exact) mass is 264 g/mol. The van der Waals surface area contributed by atoms with E-state index in [9.17, 15) is 9.59 Å². The lowest BCUT2D eigenvalue weighted by molar-refractivity contribution is -0.129. The summed E-state index contributed by atoms with van der Waals surface area (Å²) >= 11 is 0. The van der Waals surface area contributed by atoms with Crippen LogP contribution >= 0.6 is 0 Å². The molecular formula is C14H20N2O3. The molecule has 0 aliphatic heterocycles. The van der Waals surface area contributed by atoms with Crippen molar-refractivity contribution in [3.05, 3.63) is 35.4 Å². The number of hydrogen-bond acceptors (Lipinski definition) is 3. The summed E-state index contributed by atoms with van der Waals surface area (Å²) in [5.41, 5.74) is 2.39. The Kier molecular flexibility index (Phi) is 4.67. The van der Waals surface area contributed by atoms with Crippen LogP contribution < -0.4 is 10.8 Å². The molecule has 5 nitrogen and oxygen atoms in total. The van der Waals surface area contributed by atoms with E-state index < -0.39 is 11.3 Å². The van der Waals surface area contributed by atoms with Crippen molar-refractivity contribution in [2.45, 2.75) is 33.7 Å². The van der Waals surface area contributed by atoms with Crippen molar-refractivity contribution in [1.29, 1.82) is 0 Å². The average molecular weight is 264 g/mol. The molecule has 3 N–H and O–H groups in total. The number of hydrogen-bond donors (Lipinski definition) is 3. The summed E-state index contributed by atoms with van der Waals surface area (Å²) in [6.07, 6.45) is 0. The van der Waals surface area contributed by atoms with Crippen molar-refractivity contribution in [2.75, 3.05) is 0 Å². The Balaban J connectivity index is 2.76. The molecule has 104 valence electrons. The topological polar surface area (TPSA) is 78.4 Å². The Bertz CT molecular complexity index is 461. The number of hydroxylamine groups is 1. The first kappa shape index (κ1) is 15.2. The van der Waals surface area contributed by atoms with Crippen molar-refractivity contribution < 1.29 is 14.8 Å². The van der Waals surface area contributed by atoms with Crippen LogP contribution in [0.4, 0.5) is 0 Å². The summed E-state index contributed by atoms with van der Waals surface area (Å²) in [5.74, 6) is -0.588. The van der Waals surface area contributed by atoms with E-state index in [0.29, 0.717) is 5.56 Å². The molecule has 0 saturated carbocycles. The van der Waals surface area contributed by atoms with E-state index in [-0.39, 0.29) is 11.9 Å². The summed E-state index contributed by atoms with van der Waals surface area (Å²) in [6, 6.07) is 6.55. The van der Waals surface area contributed by atoms with Crippen LogP contribution in [-0.4, -0.2) is 17.0 Å². The number of nitrogens with one attached hydrogen (secondary N) is 2. The lowest BCUT2D eigenvalue weighted by Crippen LogP contribution is -2.36. The van der Waals surface area contributed by atoms with Crippen molar-refractivity contribution in [1.82, 2.24) is 10.8 Å². The highest BCUT2D eigenvalue weighted by Crippen LogP contribution is 2.18. The van der Waals surface area contributed by atoms with Gasteiger partial charge < -0.3 is 5.32 Å². The number of amides is 2. The lowest BCUT2D eigenvalue weighted by Gasteiger charge is -2.22. The highest BCUT2D eigenvalue weighted by Gasteiger charge is 2.22. The maximum Gasteiger partial charge on any atom is 0.274 e. The fraction of sp³-hybridized carbons (Fsp3) is 0.429. The van der Waals surface area contributed by atoms with Gasteiger partial charge in [-0.25, -0.2) is 5.48 Å². The van der Waals surface area contributed by atoms with Gasteiger partial charge >= 0.3 is 0 Å². The molecular weight excluding hydrogens is 244 g/mol. The molecule has 1 atom stereocenters. The smallest absolute Gasteiger partial charge is 0.274 e. The first-order valence-corrected chi connectivity index (χ1v) is 6.11. The summed E-state index contributed by atoms with van der Waals surface area (Å²) in [7, 11) is 0. The van der Waals surface area contributed by atoms with Crippen molar-refractivity contribution in [3.63, 3.8) is 0 Å². The molecule has 19 heavy (non-hydrogen) atoms. The van der Waals surface area contributed by atoms with E-state index in [1.807, 2.05) is 27.7 Å². The van der Waals surface area contributed by atoms with E-state index in [0.717, 1.165) is 5.56 Å². The van der Waals surface area contributed by atoms with Crippen molar-refractivity contribution in [3.8, 4) is 0 Å². The van der Waals surface area contributed by atoms with Crippen LogP contribution in [0.2, 0.25) is 0 Å². The van der Waals surface area contributed by atoms with Crippen LogP contribution in [0.3, 0.4) is 0 Å². The number of rotatable bonds is 3. The average Bonchev–Trinajstić information content (AvgIpc) is 2.36. The van der Waals surface area contributed by atoms with Gasteiger partial charge in [-0.05, 0) is 24.6 Å². The largest absolute Gasteiger partial charge is 0.349 e. The van der Waals surface area contributed by atoms with Crippen LogP contribution in [-0.2, 0) is 4.79 Å². The van der Waals surface area contributed by atoms with Gasteiger partial charge in [0, 0.05) is 11.0 Å². The lowest BCUT2D eigenvalue weighted by atomic mass is 9.94. The Hall–Kier alpha value is -1.88. The molecule has 1 rings (SSSR count). The predicted octanol–water partition coefficient (Wildman–Crippen LogP) is 2.03. The van der Waals surface area contributed by atoms with Gasteiger partial charge in [0.1, 0.15) is 0 Å². The molecule has 1 aromatic carbocycles. The summed E-state index contributed by atoms with van der Waals surface area (Å²) in [4.78, 5) is 23.0. The zero-order chi connectivity index (χ0) is 14.6. The van der Waals surface area contributed by atoms with Gasteiger partial charge in [0.05, 0.1) is 6.04 Å². The fourth-order valence-electron chi connectivity index (χ4n) is 1.48. The van der Waals surface area contributed by atoms with Gasteiger partial charge in [-0.3, -0.25) is 14.8 Å². The number of benzene rings is 1. The molecule has 0 fully saturated rings. The highest BCUT2D eigenvalue weighted by molar-refractivity contribution is 5.93. The first-order valence-electron chi connectivity index (χ1n) is 6.11. The van der Waals surface area contributed by atoms with E-state index in [2.05, 4.69) is 5.32 Å². The number of carbonyl (C=O) groups is 2. The minimum atomic E-state index is -0.557. The molecule has 0 aromatic heterocycles. The second kappa shape index (κ2) is 5.84. The first-order chi connectivity index (χ1) is 8.75. The molecule has 0 aliphatic carbocycles. The second-order valence-electron chi connectivity index (χ2n) is 5.51. The third-order valence-electron chi connectivity index (χ3n) is 2.80. The Labute approximate surface area is 113 Å². The van der Waals surface area contributed by atoms with E-state index in [1.165, 1.54) is 0 Å². The van der Waals surface area contributed by atoms with E-state index in [4.69, 9.17) is 5.21 Å². The Morgan fingerprint density at radius 1 is 1.16 bits per heavy atom. The van der Waals surface area contributed by atoms with Crippen molar-refractivity contribution >= 4 is 11.8 Å². The van der Waals surface area contributed by atoms with Gasteiger partial charge in [0.2, 0.25) is 5.91 Å². The third-order valence-corrected chi connectivity index (χ3v) is 2.80. The summed E-state index contributed by atoms with van der Waals surface area (Å²) in [5, 5.41) is 11.4. The molecule has 0 heterocycles.